The highest BCUT2D eigenvalue weighted by Gasteiger charge is 2.17. The van der Waals surface area contributed by atoms with Crippen molar-refractivity contribution in [3.05, 3.63) is 45.3 Å². The Hall–Kier alpha value is -2.26. The fourth-order valence-electron chi connectivity index (χ4n) is 1.99. The Bertz CT molecular complexity index is 918. The van der Waals surface area contributed by atoms with Crippen molar-refractivity contribution in [2.24, 2.45) is 0 Å². The SMILES string of the molecule is COC(=O)c1cnc(C)c(NC(=O)c2cnn3cc(Br)sc23)c1. The minimum Gasteiger partial charge on any atom is -0.465 e. The number of esters is 1. The van der Waals surface area contributed by atoms with E-state index < -0.39 is 5.97 Å². The topological polar surface area (TPSA) is 85.6 Å². The van der Waals surface area contributed by atoms with E-state index in [2.05, 4.69) is 36.1 Å². The number of halogens is 1. The molecule has 0 saturated heterocycles. The molecule has 7 nitrogen and oxygen atoms in total. The number of aryl methyl sites for hydroxylation is 1. The third kappa shape index (κ3) is 2.97. The maximum Gasteiger partial charge on any atom is 0.339 e. The van der Waals surface area contributed by atoms with Crippen LogP contribution in [0.15, 0.2) is 28.4 Å². The van der Waals surface area contributed by atoms with Crippen molar-refractivity contribution in [3.63, 3.8) is 0 Å². The highest BCUT2D eigenvalue weighted by Crippen LogP contribution is 2.26. The predicted molar refractivity (Wildman–Crippen MR) is 89.0 cm³/mol. The average Bonchev–Trinajstić information content (AvgIpc) is 3.07. The smallest absolute Gasteiger partial charge is 0.339 e. The van der Waals surface area contributed by atoms with Crippen molar-refractivity contribution in [2.45, 2.75) is 6.92 Å². The van der Waals surface area contributed by atoms with Crippen molar-refractivity contribution in [3.8, 4) is 0 Å². The molecule has 0 aliphatic rings. The molecule has 0 fully saturated rings. The van der Waals surface area contributed by atoms with Gasteiger partial charge in [-0.1, -0.05) is 0 Å². The van der Waals surface area contributed by atoms with Gasteiger partial charge in [-0.3, -0.25) is 9.78 Å². The summed E-state index contributed by atoms with van der Waals surface area (Å²) in [6.45, 7) is 1.74. The first-order chi connectivity index (χ1) is 11.0. The summed E-state index contributed by atoms with van der Waals surface area (Å²) in [6, 6.07) is 1.54. The van der Waals surface area contributed by atoms with E-state index in [0.717, 1.165) is 8.62 Å². The average molecular weight is 395 g/mol. The number of carbonyl (C=O) groups excluding carboxylic acids is 2. The molecule has 1 amide bonds. The quantitative estimate of drug-likeness (QED) is 0.690. The van der Waals surface area contributed by atoms with Gasteiger partial charge in [-0.15, -0.1) is 11.3 Å². The number of thiazole rings is 1. The van der Waals surface area contributed by atoms with Gasteiger partial charge in [0.05, 0.1) is 45.8 Å². The first kappa shape index (κ1) is 15.6. The van der Waals surface area contributed by atoms with E-state index in [1.807, 2.05) is 0 Å². The second-order valence-corrected chi connectivity index (χ2v) is 7.06. The van der Waals surface area contributed by atoms with Crippen LogP contribution in [-0.2, 0) is 4.74 Å². The molecule has 118 valence electrons. The second kappa shape index (κ2) is 6.09. The van der Waals surface area contributed by atoms with Crippen molar-refractivity contribution in [2.75, 3.05) is 12.4 Å². The largest absolute Gasteiger partial charge is 0.465 e. The number of nitrogens with zero attached hydrogens (tertiary/aromatic N) is 3. The molecule has 23 heavy (non-hydrogen) atoms. The fraction of sp³-hybridized carbons (Fsp3) is 0.143. The van der Waals surface area contributed by atoms with Gasteiger partial charge in [-0.05, 0) is 28.9 Å². The molecule has 0 aliphatic carbocycles. The molecule has 9 heteroatoms. The van der Waals surface area contributed by atoms with Gasteiger partial charge in [-0.2, -0.15) is 5.10 Å². The Labute approximate surface area is 143 Å². The van der Waals surface area contributed by atoms with Crippen molar-refractivity contribution in [1.29, 1.82) is 0 Å². The van der Waals surface area contributed by atoms with Crippen LogP contribution in [0.4, 0.5) is 5.69 Å². The molecule has 3 aromatic heterocycles. The number of methoxy groups -OCH3 is 1. The number of fused-ring (bicyclic) bond motifs is 1. The van der Waals surface area contributed by atoms with Crippen LogP contribution in [0.1, 0.15) is 26.4 Å². The Morgan fingerprint density at radius 2 is 2.17 bits per heavy atom. The summed E-state index contributed by atoms with van der Waals surface area (Å²) in [6.07, 6.45) is 4.69. The van der Waals surface area contributed by atoms with Crippen LogP contribution in [0.25, 0.3) is 4.83 Å². The number of ether oxygens (including phenoxy) is 1. The van der Waals surface area contributed by atoms with E-state index in [1.54, 1.807) is 17.6 Å². The molecule has 0 bridgehead atoms. The van der Waals surface area contributed by atoms with Crippen LogP contribution in [-0.4, -0.2) is 33.6 Å². The van der Waals surface area contributed by atoms with Gasteiger partial charge in [0.15, 0.2) is 0 Å². The maximum absolute atomic E-state index is 12.5. The molecular formula is C14H11BrN4O3S. The molecule has 0 atom stereocenters. The molecular weight excluding hydrogens is 384 g/mol. The summed E-state index contributed by atoms with van der Waals surface area (Å²) in [5.74, 6) is -0.829. The molecule has 0 radical (unpaired) electrons. The van der Waals surface area contributed by atoms with Gasteiger partial charge in [-0.25, -0.2) is 9.31 Å². The van der Waals surface area contributed by atoms with E-state index >= 15 is 0 Å². The van der Waals surface area contributed by atoms with Gasteiger partial charge in [0, 0.05) is 6.20 Å². The summed E-state index contributed by atoms with van der Waals surface area (Å²) in [4.78, 5) is 28.9. The van der Waals surface area contributed by atoms with Crippen molar-refractivity contribution >= 4 is 49.7 Å². The highest BCUT2D eigenvalue weighted by molar-refractivity contribution is 9.11. The van der Waals surface area contributed by atoms with Gasteiger partial charge in [0.25, 0.3) is 5.91 Å². The van der Waals surface area contributed by atoms with Crippen LogP contribution >= 0.6 is 27.3 Å². The Kier molecular flexibility index (Phi) is 4.14. The third-order valence-corrected chi connectivity index (χ3v) is 4.76. The zero-order valence-electron chi connectivity index (χ0n) is 12.2. The van der Waals surface area contributed by atoms with Crippen LogP contribution in [0.3, 0.4) is 0 Å². The van der Waals surface area contributed by atoms with Gasteiger partial charge in [0.1, 0.15) is 4.83 Å². The zero-order valence-corrected chi connectivity index (χ0v) is 14.6. The first-order valence-corrected chi connectivity index (χ1v) is 8.09. The van der Waals surface area contributed by atoms with E-state index in [4.69, 9.17) is 0 Å². The van der Waals surface area contributed by atoms with E-state index in [0.29, 0.717) is 16.9 Å². The third-order valence-electron chi connectivity index (χ3n) is 3.17. The molecule has 0 saturated carbocycles. The van der Waals surface area contributed by atoms with Crippen LogP contribution < -0.4 is 5.32 Å². The normalized spacial score (nSPS) is 10.7. The fourth-order valence-corrected chi connectivity index (χ4v) is 3.43. The van der Waals surface area contributed by atoms with E-state index in [-0.39, 0.29) is 11.5 Å². The number of pyridine rings is 1. The lowest BCUT2D eigenvalue weighted by Gasteiger charge is -2.08. The molecule has 0 spiro atoms. The molecule has 3 heterocycles. The molecule has 1 N–H and O–H groups in total. The number of nitrogens with one attached hydrogen (secondary N) is 1. The number of hydrogen-bond acceptors (Lipinski definition) is 6. The molecule has 0 aromatic carbocycles. The predicted octanol–water partition coefficient (Wildman–Crippen LogP) is 2.90. The Morgan fingerprint density at radius 1 is 1.39 bits per heavy atom. The van der Waals surface area contributed by atoms with Crippen LogP contribution in [0.2, 0.25) is 0 Å². The number of anilines is 1. The van der Waals surface area contributed by atoms with Gasteiger partial charge < -0.3 is 10.1 Å². The molecule has 0 unspecified atom stereocenters. The maximum atomic E-state index is 12.5. The van der Waals surface area contributed by atoms with E-state index in [9.17, 15) is 9.59 Å². The Morgan fingerprint density at radius 3 is 2.91 bits per heavy atom. The Balaban J connectivity index is 1.92. The minimum absolute atomic E-state index is 0.271. The van der Waals surface area contributed by atoms with Crippen LogP contribution in [0.5, 0.6) is 0 Å². The number of aromatic nitrogens is 3. The summed E-state index contributed by atoms with van der Waals surface area (Å²) >= 11 is 4.77. The summed E-state index contributed by atoms with van der Waals surface area (Å²) in [5, 5.41) is 6.89. The lowest BCUT2D eigenvalue weighted by Crippen LogP contribution is -2.14. The van der Waals surface area contributed by atoms with Crippen molar-refractivity contribution in [1.82, 2.24) is 14.6 Å². The summed E-state index contributed by atoms with van der Waals surface area (Å²) in [5.41, 5.74) is 1.77. The van der Waals surface area contributed by atoms with E-state index in [1.165, 1.54) is 36.9 Å². The number of carbonyl (C=O) groups is 2. The number of amides is 1. The molecule has 0 aliphatic heterocycles. The van der Waals surface area contributed by atoms with Crippen molar-refractivity contribution < 1.29 is 14.3 Å². The molecule has 3 aromatic rings. The summed E-state index contributed by atoms with van der Waals surface area (Å²) < 4.78 is 7.16. The van der Waals surface area contributed by atoms with Gasteiger partial charge in [0.2, 0.25) is 0 Å². The summed E-state index contributed by atoms with van der Waals surface area (Å²) in [7, 11) is 1.29. The second-order valence-electron chi connectivity index (χ2n) is 4.65. The molecule has 3 rings (SSSR count). The number of hydrogen-bond donors (Lipinski definition) is 1. The first-order valence-electron chi connectivity index (χ1n) is 6.48. The number of rotatable bonds is 3. The van der Waals surface area contributed by atoms with Gasteiger partial charge >= 0.3 is 5.97 Å². The lowest BCUT2D eigenvalue weighted by atomic mass is 10.2. The zero-order chi connectivity index (χ0) is 16.6. The van der Waals surface area contributed by atoms with Crippen LogP contribution in [0, 0.1) is 6.92 Å². The minimum atomic E-state index is -0.511. The lowest BCUT2D eigenvalue weighted by molar-refractivity contribution is 0.0600. The highest BCUT2D eigenvalue weighted by atomic mass is 79.9. The monoisotopic (exact) mass is 394 g/mol. The standard InChI is InChI=1S/C14H11BrN4O3S/c1-7-10(3-8(4-16-7)14(21)22-2)18-12(20)9-5-17-19-6-11(15)23-13(9)19/h3-6H,1-2H3,(H,18,20).